The Bertz CT molecular complexity index is 105. The maximum Gasteiger partial charge on any atom is 0.0858 e. The van der Waals surface area contributed by atoms with E-state index in [0.717, 1.165) is 0 Å². The van der Waals surface area contributed by atoms with Gasteiger partial charge < -0.3 is 9.84 Å². The second-order valence-electron chi connectivity index (χ2n) is 3.00. The van der Waals surface area contributed by atoms with Crippen LogP contribution >= 0.6 is 11.8 Å². The van der Waals surface area contributed by atoms with Crippen molar-refractivity contribution in [2.24, 2.45) is 0 Å². The number of aliphatic hydroxyl groups is 1. The highest BCUT2D eigenvalue weighted by molar-refractivity contribution is 8.01. The fraction of sp³-hybridized carbons (Fsp3) is 1.00. The Labute approximate surface area is 66.0 Å². The van der Waals surface area contributed by atoms with Gasteiger partial charge in [0.2, 0.25) is 0 Å². The molecule has 0 aromatic rings. The van der Waals surface area contributed by atoms with Crippen LogP contribution in [0.2, 0.25) is 0 Å². The third kappa shape index (κ3) is 1.65. The predicted molar refractivity (Wildman–Crippen MR) is 43.4 cm³/mol. The Morgan fingerprint density at radius 1 is 1.60 bits per heavy atom. The van der Waals surface area contributed by atoms with Crippen molar-refractivity contribution in [2.45, 2.75) is 23.8 Å². The zero-order chi connectivity index (χ0) is 7.61. The molecule has 3 heteroatoms. The molecule has 0 atom stereocenters. The number of hydrogen-bond acceptors (Lipinski definition) is 3. The molecule has 0 bridgehead atoms. The minimum atomic E-state index is 0.0359. The Balaban J connectivity index is 2.33. The SMILES string of the molecule is CC(C)SC1(CO)COC1. The van der Waals surface area contributed by atoms with Gasteiger partial charge in [-0.3, -0.25) is 0 Å². The third-order valence-corrected chi connectivity index (χ3v) is 2.84. The number of hydrogen-bond donors (Lipinski definition) is 1. The van der Waals surface area contributed by atoms with Crippen LogP contribution in [0.5, 0.6) is 0 Å². The van der Waals surface area contributed by atoms with Crippen molar-refractivity contribution in [3.8, 4) is 0 Å². The van der Waals surface area contributed by atoms with Gasteiger partial charge in [0.15, 0.2) is 0 Å². The molecule has 0 aliphatic carbocycles. The molecule has 1 saturated heterocycles. The summed E-state index contributed by atoms with van der Waals surface area (Å²) in [5.74, 6) is 0. The molecule has 1 heterocycles. The first-order valence-electron chi connectivity index (χ1n) is 3.55. The van der Waals surface area contributed by atoms with Gasteiger partial charge in [-0.05, 0) is 5.25 Å². The van der Waals surface area contributed by atoms with E-state index >= 15 is 0 Å². The third-order valence-electron chi connectivity index (χ3n) is 1.50. The zero-order valence-electron chi connectivity index (χ0n) is 6.46. The average molecular weight is 162 g/mol. The second-order valence-corrected chi connectivity index (χ2v) is 5.05. The Morgan fingerprint density at radius 2 is 2.20 bits per heavy atom. The van der Waals surface area contributed by atoms with Gasteiger partial charge in [-0.25, -0.2) is 0 Å². The second kappa shape index (κ2) is 3.11. The van der Waals surface area contributed by atoms with Gasteiger partial charge in [0, 0.05) is 0 Å². The largest absolute Gasteiger partial charge is 0.395 e. The first-order valence-corrected chi connectivity index (χ1v) is 4.43. The Kier molecular flexibility index (Phi) is 2.61. The topological polar surface area (TPSA) is 29.5 Å². The normalized spacial score (nSPS) is 22.8. The van der Waals surface area contributed by atoms with Crippen molar-refractivity contribution in [3.05, 3.63) is 0 Å². The van der Waals surface area contributed by atoms with Gasteiger partial charge in [-0.15, -0.1) is 11.8 Å². The van der Waals surface area contributed by atoms with Crippen molar-refractivity contribution in [3.63, 3.8) is 0 Å². The zero-order valence-corrected chi connectivity index (χ0v) is 7.28. The molecule has 1 N–H and O–H groups in total. The fourth-order valence-corrected chi connectivity index (χ4v) is 2.40. The number of ether oxygens (including phenoxy) is 1. The van der Waals surface area contributed by atoms with E-state index in [4.69, 9.17) is 9.84 Å². The molecule has 1 fully saturated rings. The maximum absolute atomic E-state index is 8.98. The summed E-state index contributed by atoms with van der Waals surface area (Å²) in [5.41, 5.74) is 0. The molecule has 0 aromatic heterocycles. The molecule has 0 amide bonds. The van der Waals surface area contributed by atoms with Crippen LogP contribution in [0.3, 0.4) is 0 Å². The molecular weight excluding hydrogens is 148 g/mol. The van der Waals surface area contributed by atoms with E-state index in [1.54, 1.807) is 0 Å². The molecule has 0 radical (unpaired) electrons. The van der Waals surface area contributed by atoms with Gasteiger partial charge in [0.05, 0.1) is 24.6 Å². The number of thioether (sulfide) groups is 1. The first kappa shape index (κ1) is 8.37. The maximum atomic E-state index is 8.98. The number of rotatable bonds is 3. The van der Waals surface area contributed by atoms with E-state index in [0.29, 0.717) is 18.5 Å². The highest BCUT2D eigenvalue weighted by Gasteiger charge is 2.39. The van der Waals surface area contributed by atoms with Crippen molar-refractivity contribution in [1.82, 2.24) is 0 Å². The lowest BCUT2D eigenvalue weighted by atomic mass is 10.1. The van der Waals surface area contributed by atoms with Crippen LogP contribution in [-0.2, 0) is 4.74 Å². The van der Waals surface area contributed by atoms with Crippen LogP contribution in [0.4, 0.5) is 0 Å². The van der Waals surface area contributed by atoms with Crippen molar-refractivity contribution >= 4 is 11.8 Å². The summed E-state index contributed by atoms with van der Waals surface area (Å²) in [6.07, 6.45) is 0. The molecule has 1 aliphatic heterocycles. The summed E-state index contributed by atoms with van der Waals surface area (Å²) in [6.45, 7) is 5.95. The van der Waals surface area contributed by atoms with Crippen LogP contribution in [0.15, 0.2) is 0 Å². The predicted octanol–water partition coefficient (Wildman–Crippen LogP) is 0.889. The van der Waals surface area contributed by atoms with Crippen molar-refractivity contribution in [1.29, 1.82) is 0 Å². The summed E-state index contributed by atoms with van der Waals surface area (Å²) in [5, 5.41) is 9.56. The lowest BCUT2D eigenvalue weighted by molar-refractivity contribution is -0.0320. The minimum absolute atomic E-state index is 0.0359. The quantitative estimate of drug-likeness (QED) is 0.668. The van der Waals surface area contributed by atoms with Crippen LogP contribution in [0.25, 0.3) is 0 Å². The lowest BCUT2D eigenvalue weighted by Crippen LogP contribution is -2.50. The van der Waals surface area contributed by atoms with Crippen molar-refractivity contribution < 1.29 is 9.84 Å². The fourth-order valence-electron chi connectivity index (χ4n) is 1.03. The minimum Gasteiger partial charge on any atom is -0.395 e. The summed E-state index contributed by atoms with van der Waals surface area (Å²) >= 11 is 1.81. The molecule has 0 saturated carbocycles. The van der Waals surface area contributed by atoms with Crippen LogP contribution in [-0.4, -0.2) is 34.9 Å². The monoisotopic (exact) mass is 162 g/mol. The van der Waals surface area contributed by atoms with Crippen molar-refractivity contribution in [2.75, 3.05) is 19.8 Å². The lowest BCUT2D eigenvalue weighted by Gasteiger charge is -2.40. The standard InChI is InChI=1S/C7H14O2S/c1-6(2)10-7(3-8)4-9-5-7/h6,8H,3-5H2,1-2H3. The molecule has 0 aromatic carbocycles. The molecule has 0 spiro atoms. The van der Waals surface area contributed by atoms with E-state index in [2.05, 4.69) is 13.8 Å². The number of aliphatic hydroxyl groups excluding tert-OH is 1. The van der Waals surface area contributed by atoms with Crippen LogP contribution in [0.1, 0.15) is 13.8 Å². The van der Waals surface area contributed by atoms with Gasteiger partial charge in [-0.1, -0.05) is 13.8 Å². The van der Waals surface area contributed by atoms with Gasteiger partial charge >= 0.3 is 0 Å². The summed E-state index contributed by atoms with van der Waals surface area (Å²) in [4.78, 5) is 0. The van der Waals surface area contributed by atoms with Crippen LogP contribution < -0.4 is 0 Å². The molecule has 1 aliphatic rings. The van der Waals surface area contributed by atoms with E-state index in [-0.39, 0.29) is 11.4 Å². The van der Waals surface area contributed by atoms with Gasteiger partial charge in [0.25, 0.3) is 0 Å². The van der Waals surface area contributed by atoms with Gasteiger partial charge in [-0.2, -0.15) is 0 Å². The molecule has 1 rings (SSSR count). The summed E-state index contributed by atoms with van der Waals surface area (Å²) in [6, 6.07) is 0. The Hall–Kier alpha value is 0.270. The molecule has 0 unspecified atom stereocenters. The molecule has 10 heavy (non-hydrogen) atoms. The first-order chi connectivity index (χ1) is 4.68. The van der Waals surface area contributed by atoms with E-state index in [1.807, 2.05) is 11.8 Å². The highest BCUT2D eigenvalue weighted by Crippen LogP contribution is 2.35. The van der Waals surface area contributed by atoms with Crippen LogP contribution in [0, 0.1) is 0 Å². The summed E-state index contributed by atoms with van der Waals surface area (Å²) < 4.78 is 5.09. The molecular formula is C7H14O2S. The summed E-state index contributed by atoms with van der Waals surface area (Å²) in [7, 11) is 0. The Morgan fingerprint density at radius 3 is 2.30 bits per heavy atom. The highest BCUT2D eigenvalue weighted by atomic mass is 32.2. The molecule has 60 valence electrons. The van der Waals surface area contributed by atoms with E-state index in [9.17, 15) is 0 Å². The van der Waals surface area contributed by atoms with Gasteiger partial charge in [0.1, 0.15) is 0 Å². The molecule has 2 nitrogen and oxygen atoms in total. The average Bonchev–Trinajstić information content (AvgIpc) is 1.78. The van der Waals surface area contributed by atoms with E-state index in [1.165, 1.54) is 0 Å². The smallest absolute Gasteiger partial charge is 0.0858 e. The van der Waals surface area contributed by atoms with E-state index < -0.39 is 0 Å².